The number of carbonyl (C=O) groups excluding carboxylic acids is 1. The van der Waals surface area contributed by atoms with E-state index in [1.165, 1.54) is 0 Å². The summed E-state index contributed by atoms with van der Waals surface area (Å²) in [5, 5.41) is 0. The average molecular weight is 443 g/mol. The number of rotatable bonds is 4. The predicted molar refractivity (Wildman–Crippen MR) is 132 cm³/mol. The highest BCUT2D eigenvalue weighted by atomic mass is 16.2. The molecule has 0 atom stereocenters. The molecule has 2 saturated heterocycles. The Kier molecular flexibility index (Phi) is 6.21. The number of carbonyl (C=O) groups is 1. The van der Waals surface area contributed by atoms with Crippen LogP contribution in [-0.2, 0) is 0 Å². The van der Waals surface area contributed by atoms with Gasteiger partial charge in [-0.3, -0.25) is 4.79 Å². The van der Waals surface area contributed by atoms with Gasteiger partial charge in [0.2, 0.25) is 0 Å². The zero-order valence-electron chi connectivity index (χ0n) is 19.1. The Morgan fingerprint density at radius 2 is 1.24 bits per heavy atom. The maximum Gasteiger partial charge on any atom is 0.253 e. The molecule has 0 N–H and O–H groups in total. The number of anilines is 2. The Morgan fingerprint density at radius 1 is 0.697 bits per heavy atom. The molecule has 1 amide bonds. The predicted octanol–water partition coefficient (Wildman–Crippen LogP) is 2.86. The van der Waals surface area contributed by atoms with E-state index >= 15 is 0 Å². The second kappa shape index (κ2) is 9.58. The van der Waals surface area contributed by atoms with E-state index in [1.807, 2.05) is 47.4 Å². The van der Waals surface area contributed by atoms with Crippen LogP contribution in [0.1, 0.15) is 10.4 Å². The maximum absolute atomic E-state index is 13.0. The third-order valence-electron chi connectivity index (χ3n) is 6.60. The van der Waals surface area contributed by atoms with E-state index in [-0.39, 0.29) is 5.91 Å². The number of hydrogen-bond acceptors (Lipinski definition) is 6. The van der Waals surface area contributed by atoms with Crippen LogP contribution in [0.4, 0.5) is 11.6 Å². The first-order valence-electron chi connectivity index (χ1n) is 11.6. The molecule has 0 spiro atoms. The van der Waals surface area contributed by atoms with Gasteiger partial charge in [-0.25, -0.2) is 9.97 Å². The van der Waals surface area contributed by atoms with Crippen LogP contribution in [0.5, 0.6) is 0 Å². The molecule has 3 aromatic rings. The number of piperazine rings is 2. The third-order valence-corrected chi connectivity index (χ3v) is 6.60. The summed E-state index contributed by atoms with van der Waals surface area (Å²) in [4.78, 5) is 30.9. The van der Waals surface area contributed by atoms with Gasteiger partial charge in [-0.2, -0.15) is 0 Å². The van der Waals surface area contributed by atoms with Gasteiger partial charge < -0.3 is 19.6 Å². The molecule has 2 aliphatic rings. The fourth-order valence-corrected chi connectivity index (χ4v) is 4.48. The minimum absolute atomic E-state index is 0.0927. The molecule has 0 bridgehead atoms. The molecule has 5 rings (SSSR count). The van der Waals surface area contributed by atoms with Crippen LogP contribution in [0.25, 0.3) is 11.1 Å². The van der Waals surface area contributed by atoms with Crippen molar-refractivity contribution >= 4 is 17.5 Å². The Balaban J connectivity index is 1.20. The second-order valence-electron chi connectivity index (χ2n) is 8.75. The summed E-state index contributed by atoms with van der Waals surface area (Å²) < 4.78 is 0. The molecule has 2 fully saturated rings. The zero-order valence-corrected chi connectivity index (χ0v) is 19.1. The van der Waals surface area contributed by atoms with Gasteiger partial charge in [-0.1, -0.05) is 42.5 Å². The zero-order chi connectivity index (χ0) is 22.6. The van der Waals surface area contributed by atoms with Crippen molar-refractivity contribution in [1.29, 1.82) is 0 Å². The highest BCUT2D eigenvalue weighted by Crippen LogP contribution is 2.22. The normalized spacial score (nSPS) is 17.3. The summed E-state index contributed by atoms with van der Waals surface area (Å²) in [7, 11) is 2.15. The molecule has 2 aromatic carbocycles. The lowest BCUT2D eigenvalue weighted by molar-refractivity contribution is 0.0746. The number of aromatic nitrogens is 2. The highest BCUT2D eigenvalue weighted by molar-refractivity contribution is 5.95. The van der Waals surface area contributed by atoms with Gasteiger partial charge in [-0.15, -0.1) is 0 Å². The smallest absolute Gasteiger partial charge is 0.253 e. The van der Waals surface area contributed by atoms with E-state index in [9.17, 15) is 4.79 Å². The molecule has 3 heterocycles. The average Bonchev–Trinajstić information content (AvgIpc) is 2.89. The van der Waals surface area contributed by atoms with Crippen LogP contribution >= 0.6 is 0 Å². The topological polar surface area (TPSA) is 55.8 Å². The lowest BCUT2D eigenvalue weighted by Crippen LogP contribution is -2.49. The molecule has 0 radical (unpaired) electrons. The fraction of sp³-hybridized carbons (Fsp3) is 0.346. The quantitative estimate of drug-likeness (QED) is 0.619. The first-order chi connectivity index (χ1) is 16.2. The first kappa shape index (κ1) is 21.4. The van der Waals surface area contributed by atoms with E-state index in [2.05, 4.69) is 49.9 Å². The van der Waals surface area contributed by atoms with Crippen molar-refractivity contribution in [3.8, 4) is 11.1 Å². The molecule has 7 heteroatoms. The summed E-state index contributed by atoms with van der Waals surface area (Å²) in [5.74, 6) is 2.03. The van der Waals surface area contributed by atoms with Crippen molar-refractivity contribution in [3.05, 3.63) is 72.6 Å². The largest absolute Gasteiger partial charge is 0.354 e. The second-order valence-corrected chi connectivity index (χ2v) is 8.75. The van der Waals surface area contributed by atoms with Crippen molar-refractivity contribution < 1.29 is 4.79 Å². The molecule has 0 unspecified atom stereocenters. The van der Waals surface area contributed by atoms with Crippen molar-refractivity contribution in [3.63, 3.8) is 0 Å². The van der Waals surface area contributed by atoms with Crippen LogP contribution < -0.4 is 9.80 Å². The Morgan fingerprint density at radius 3 is 1.85 bits per heavy atom. The van der Waals surface area contributed by atoms with Gasteiger partial charge in [0.05, 0.1) is 0 Å². The monoisotopic (exact) mass is 442 g/mol. The highest BCUT2D eigenvalue weighted by Gasteiger charge is 2.24. The van der Waals surface area contributed by atoms with Crippen LogP contribution in [0.15, 0.2) is 67.0 Å². The van der Waals surface area contributed by atoms with Crippen molar-refractivity contribution in [1.82, 2.24) is 19.8 Å². The van der Waals surface area contributed by atoms with Gasteiger partial charge in [0.1, 0.15) is 18.0 Å². The minimum atomic E-state index is 0.0927. The van der Waals surface area contributed by atoms with Gasteiger partial charge in [-0.05, 0) is 30.3 Å². The molecular formula is C26H30N6O. The molecule has 0 aliphatic carbocycles. The molecule has 170 valence electrons. The summed E-state index contributed by atoms with van der Waals surface area (Å²) in [5.41, 5.74) is 3.02. The van der Waals surface area contributed by atoms with Crippen LogP contribution in [0.2, 0.25) is 0 Å². The fourth-order valence-electron chi connectivity index (χ4n) is 4.48. The van der Waals surface area contributed by atoms with Crippen LogP contribution in [0, 0.1) is 0 Å². The Hall–Kier alpha value is -3.45. The molecule has 2 aliphatic heterocycles. The minimum Gasteiger partial charge on any atom is -0.354 e. The van der Waals surface area contributed by atoms with Gasteiger partial charge in [0, 0.05) is 64.0 Å². The lowest BCUT2D eigenvalue weighted by Gasteiger charge is -2.36. The number of benzene rings is 2. The molecule has 33 heavy (non-hydrogen) atoms. The molecule has 0 saturated carbocycles. The number of hydrogen-bond donors (Lipinski definition) is 0. The van der Waals surface area contributed by atoms with Crippen LogP contribution in [0.3, 0.4) is 0 Å². The van der Waals surface area contributed by atoms with E-state index in [1.54, 1.807) is 6.33 Å². The number of nitrogens with zero attached hydrogens (tertiary/aromatic N) is 6. The van der Waals surface area contributed by atoms with Gasteiger partial charge in [0.25, 0.3) is 5.91 Å². The SMILES string of the molecule is CN1CCN(c2cc(N3CCN(C(=O)c4ccc(-c5ccccc5)cc4)CC3)ncn2)CC1. The number of amides is 1. The molecule has 7 nitrogen and oxygen atoms in total. The third kappa shape index (κ3) is 4.83. The standard InChI is InChI=1S/C26H30N6O/c1-29-11-13-30(14-12-29)24-19-25(28-20-27-24)31-15-17-32(18-16-31)26(33)23-9-7-22(8-10-23)21-5-3-2-4-6-21/h2-10,19-20H,11-18H2,1H3. The van der Waals surface area contributed by atoms with E-state index < -0.39 is 0 Å². The van der Waals surface area contributed by atoms with Crippen LogP contribution in [-0.4, -0.2) is 85.1 Å². The summed E-state index contributed by atoms with van der Waals surface area (Å²) >= 11 is 0. The summed E-state index contributed by atoms with van der Waals surface area (Å²) in [6, 6.07) is 20.2. The first-order valence-corrected chi connectivity index (χ1v) is 11.6. The van der Waals surface area contributed by atoms with E-state index in [0.717, 1.165) is 67.6 Å². The molecular weight excluding hydrogens is 412 g/mol. The molecule has 1 aromatic heterocycles. The maximum atomic E-state index is 13.0. The van der Waals surface area contributed by atoms with Gasteiger partial charge >= 0.3 is 0 Å². The number of likely N-dealkylation sites (N-methyl/N-ethyl adjacent to an activating group) is 1. The Labute approximate surface area is 195 Å². The summed E-state index contributed by atoms with van der Waals surface area (Å²) in [6.07, 6.45) is 1.66. The Bertz CT molecular complexity index is 1070. The van der Waals surface area contributed by atoms with E-state index in [0.29, 0.717) is 13.1 Å². The lowest BCUT2D eigenvalue weighted by atomic mass is 10.0. The van der Waals surface area contributed by atoms with Crippen molar-refractivity contribution in [2.24, 2.45) is 0 Å². The van der Waals surface area contributed by atoms with Crippen molar-refractivity contribution in [2.45, 2.75) is 0 Å². The van der Waals surface area contributed by atoms with Crippen molar-refractivity contribution in [2.75, 3.05) is 69.2 Å². The van der Waals surface area contributed by atoms with E-state index in [4.69, 9.17) is 0 Å². The summed E-state index contributed by atoms with van der Waals surface area (Å²) in [6.45, 7) is 6.98. The van der Waals surface area contributed by atoms with Gasteiger partial charge in [0.15, 0.2) is 0 Å².